The first-order valence-electron chi connectivity index (χ1n) is 6.12. The molecule has 1 aromatic rings. The molecule has 0 saturated carbocycles. The molecule has 6 nitrogen and oxygen atoms in total. The molecule has 0 N–H and O–H groups in total. The second-order valence-electron chi connectivity index (χ2n) is 3.97. The molecule has 0 aromatic heterocycles. The van der Waals surface area contributed by atoms with E-state index in [9.17, 15) is 14.9 Å². The third-order valence-corrected chi connectivity index (χ3v) is 3.16. The highest BCUT2D eigenvalue weighted by molar-refractivity contribution is 8.13. The van der Waals surface area contributed by atoms with Gasteiger partial charge in [0, 0.05) is 4.92 Å². The van der Waals surface area contributed by atoms with Crippen molar-refractivity contribution in [1.82, 2.24) is 0 Å². The van der Waals surface area contributed by atoms with E-state index in [0.29, 0.717) is 10.7 Å². The first-order valence-corrected chi connectivity index (χ1v) is 7.34. The van der Waals surface area contributed by atoms with Crippen LogP contribution in [0.25, 0.3) is 6.08 Å². The number of esters is 1. The molecule has 0 spiro atoms. The van der Waals surface area contributed by atoms with E-state index in [2.05, 4.69) is 9.73 Å². The third kappa shape index (κ3) is 6.71. The van der Waals surface area contributed by atoms with Crippen LogP contribution in [0.5, 0.6) is 0 Å². The smallest absolute Gasteiger partial charge is 0.309 e. The van der Waals surface area contributed by atoms with Gasteiger partial charge >= 0.3 is 5.97 Å². The van der Waals surface area contributed by atoms with Gasteiger partial charge in [-0.3, -0.25) is 14.9 Å². The number of nitro groups is 1. The summed E-state index contributed by atoms with van der Waals surface area (Å²) in [5, 5.41) is 10.9. The van der Waals surface area contributed by atoms with Crippen LogP contribution < -0.4 is 0 Å². The van der Waals surface area contributed by atoms with Gasteiger partial charge in [0.1, 0.15) is 5.04 Å². The lowest BCUT2D eigenvalue weighted by molar-refractivity contribution is -0.462. The number of hydrogen-bond donors (Lipinski definition) is 0. The van der Waals surface area contributed by atoms with E-state index in [0.717, 1.165) is 5.56 Å². The molecule has 0 bridgehead atoms. The normalized spacial score (nSPS) is 11.6. The van der Waals surface area contributed by atoms with Crippen molar-refractivity contribution in [2.24, 2.45) is 4.99 Å². The van der Waals surface area contributed by atoms with Crippen molar-refractivity contribution in [2.75, 3.05) is 19.9 Å². The molecule has 1 aromatic carbocycles. The van der Waals surface area contributed by atoms with Crippen molar-refractivity contribution < 1.29 is 14.5 Å². The zero-order valence-electron chi connectivity index (χ0n) is 11.8. The number of rotatable bonds is 6. The molecule has 0 aliphatic rings. The Morgan fingerprint density at radius 3 is 2.62 bits per heavy atom. The average Bonchev–Trinajstić information content (AvgIpc) is 2.47. The van der Waals surface area contributed by atoms with Gasteiger partial charge in [-0.05, 0) is 24.0 Å². The molecule has 0 radical (unpaired) electrons. The highest BCUT2D eigenvalue weighted by Gasteiger charge is 2.05. The molecule has 1 rings (SSSR count). The SMILES string of the molecule is COC(=O)CC=Cc1ccc(N=C(C[N+](=O)[O-])SC)cc1. The second-order valence-corrected chi connectivity index (χ2v) is 4.85. The predicted molar refractivity (Wildman–Crippen MR) is 84.6 cm³/mol. The molecular weight excluding hydrogens is 292 g/mol. The van der Waals surface area contributed by atoms with Crippen molar-refractivity contribution in [3.8, 4) is 0 Å². The number of thioether (sulfide) groups is 1. The van der Waals surface area contributed by atoms with E-state index in [1.807, 2.05) is 12.1 Å². The lowest BCUT2D eigenvalue weighted by Crippen LogP contribution is -2.09. The zero-order chi connectivity index (χ0) is 15.7. The molecule has 0 fully saturated rings. The van der Waals surface area contributed by atoms with Gasteiger partial charge in [-0.1, -0.05) is 24.3 Å². The summed E-state index contributed by atoms with van der Waals surface area (Å²) in [5.74, 6) is -0.295. The van der Waals surface area contributed by atoms with E-state index in [1.165, 1.54) is 18.9 Å². The molecule has 0 atom stereocenters. The standard InChI is InChI=1S/C14H16N2O4S/c1-20-14(17)5-3-4-11-6-8-12(9-7-11)15-13(21-2)10-16(18)19/h3-4,6-9H,5,10H2,1-2H3. The number of nitrogens with zero attached hydrogens (tertiary/aromatic N) is 2. The number of hydrogen-bond acceptors (Lipinski definition) is 6. The summed E-state index contributed by atoms with van der Waals surface area (Å²) in [4.78, 5) is 25.2. The molecular formula is C14H16N2O4S. The van der Waals surface area contributed by atoms with Crippen LogP contribution in [0.1, 0.15) is 12.0 Å². The van der Waals surface area contributed by atoms with Crippen molar-refractivity contribution >= 4 is 34.5 Å². The van der Waals surface area contributed by atoms with Crippen LogP contribution in [-0.4, -0.2) is 35.8 Å². The van der Waals surface area contributed by atoms with Crippen LogP contribution in [0, 0.1) is 10.1 Å². The van der Waals surface area contributed by atoms with Gasteiger partial charge in [0.2, 0.25) is 0 Å². The van der Waals surface area contributed by atoms with Crippen LogP contribution in [0.3, 0.4) is 0 Å². The van der Waals surface area contributed by atoms with Crippen molar-refractivity contribution in [1.29, 1.82) is 0 Å². The van der Waals surface area contributed by atoms with Crippen molar-refractivity contribution in [3.05, 3.63) is 46.0 Å². The lowest BCUT2D eigenvalue weighted by atomic mass is 10.2. The molecule has 0 amide bonds. The van der Waals surface area contributed by atoms with Gasteiger partial charge < -0.3 is 4.74 Å². The summed E-state index contributed by atoms with van der Waals surface area (Å²) in [7, 11) is 1.34. The summed E-state index contributed by atoms with van der Waals surface area (Å²) in [6.45, 7) is -0.276. The number of carbonyl (C=O) groups excluding carboxylic acids is 1. The summed E-state index contributed by atoms with van der Waals surface area (Å²) in [6.07, 6.45) is 5.49. The monoisotopic (exact) mass is 308 g/mol. The number of benzene rings is 1. The molecule has 0 aliphatic heterocycles. The Bertz CT molecular complexity index is 553. The van der Waals surface area contributed by atoms with Gasteiger partial charge in [0.25, 0.3) is 6.54 Å². The minimum atomic E-state index is -0.404. The van der Waals surface area contributed by atoms with Crippen LogP contribution in [0.2, 0.25) is 0 Å². The fraction of sp³-hybridized carbons (Fsp3) is 0.286. The zero-order valence-corrected chi connectivity index (χ0v) is 12.6. The fourth-order valence-electron chi connectivity index (χ4n) is 1.43. The summed E-state index contributed by atoms with van der Waals surface area (Å²) >= 11 is 1.26. The van der Waals surface area contributed by atoms with Gasteiger partial charge in [-0.2, -0.15) is 0 Å². The molecule has 0 saturated heterocycles. The van der Waals surface area contributed by atoms with Gasteiger partial charge in [-0.25, -0.2) is 4.99 Å². The first-order chi connectivity index (χ1) is 10.0. The van der Waals surface area contributed by atoms with Crippen LogP contribution >= 0.6 is 11.8 Å². The maximum atomic E-state index is 10.9. The Hall–Kier alpha value is -2.15. The molecule has 21 heavy (non-hydrogen) atoms. The lowest BCUT2D eigenvalue weighted by Gasteiger charge is -1.99. The average molecular weight is 308 g/mol. The largest absolute Gasteiger partial charge is 0.469 e. The minimum absolute atomic E-state index is 0.218. The third-order valence-electron chi connectivity index (χ3n) is 2.47. The Balaban J connectivity index is 2.71. The Morgan fingerprint density at radius 2 is 2.10 bits per heavy atom. The molecule has 7 heteroatoms. The van der Waals surface area contributed by atoms with E-state index < -0.39 is 4.92 Å². The Morgan fingerprint density at radius 1 is 1.43 bits per heavy atom. The maximum Gasteiger partial charge on any atom is 0.309 e. The van der Waals surface area contributed by atoms with Crippen LogP contribution in [0.15, 0.2) is 35.3 Å². The maximum absolute atomic E-state index is 10.9. The van der Waals surface area contributed by atoms with E-state index >= 15 is 0 Å². The van der Waals surface area contributed by atoms with Gasteiger partial charge in [0.15, 0.2) is 0 Å². The van der Waals surface area contributed by atoms with E-state index in [1.54, 1.807) is 30.5 Å². The van der Waals surface area contributed by atoms with Crippen LogP contribution in [-0.2, 0) is 9.53 Å². The molecule has 0 heterocycles. The first kappa shape index (κ1) is 16.9. The second kappa shape index (κ2) is 8.91. The number of ether oxygens (including phenoxy) is 1. The number of methoxy groups -OCH3 is 1. The summed E-state index contributed by atoms with van der Waals surface area (Å²) in [6, 6.07) is 7.20. The van der Waals surface area contributed by atoms with Crippen molar-refractivity contribution in [2.45, 2.75) is 6.42 Å². The molecule has 112 valence electrons. The van der Waals surface area contributed by atoms with Gasteiger partial charge in [0.05, 0.1) is 19.2 Å². The number of carbonyl (C=O) groups is 1. The topological polar surface area (TPSA) is 81.8 Å². The summed E-state index contributed by atoms with van der Waals surface area (Å²) in [5.41, 5.74) is 1.57. The summed E-state index contributed by atoms with van der Waals surface area (Å²) < 4.78 is 4.53. The minimum Gasteiger partial charge on any atom is -0.469 e. The highest BCUT2D eigenvalue weighted by atomic mass is 32.2. The van der Waals surface area contributed by atoms with Crippen LogP contribution in [0.4, 0.5) is 5.69 Å². The van der Waals surface area contributed by atoms with E-state index in [-0.39, 0.29) is 18.9 Å². The Kier molecular flexibility index (Phi) is 7.17. The molecule has 0 unspecified atom stereocenters. The van der Waals surface area contributed by atoms with E-state index in [4.69, 9.17) is 0 Å². The molecule has 0 aliphatic carbocycles. The quantitative estimate of drug-likeness (QED) is 0.265. The highest BCUT2D eigenvalue weighted by Crippen LogP contribution is 2.16. The Labute approximate surface area is 127 Å². The number of aliphatic imine (C=N–C) groups is 1. The van der Waals surface area contributed by atoms with Gasteiger partial charge in [-0.15, -0.1) is 11.8 Å². The predicted octanol–water partition coefficient (Wildman–Crippen LogP) is 2.93. The fourth-order valence-corrected chi connectivity index (χ4v) is 1.87. The van der Waals surface area contributed by atoms with Crippen molar-refractivity contribution in [3.63, 3.8) is 0 Å².